The van der Waals surface area contributed by atoms with E-state index in [1.54, 1.807) is 0 Å². The molecule has 0 saturated carbocycles. The van der Waals surface area contributed by atoms with E-state index >= 15 is 0 Å². The molecule has 0 heterocycles. The first-order valence-electron chi connectivity index (χ1n) is 3.12. The van der Waals surface area contributed by atoms with Gasteiger partial charge in [-0.1, -0.05) is 27.7 Å². The van der Waals surface area contributed by atoms with Crippen molar-refractivity contribution >= 4 is 0 Å². The summed E-state index contributed by atoms with van der Waals surface area (Å²) < 4.78 is 0. The van der Waals surface area contributed by atoms with Crippen molar-refractivity contribution in [3.05, 3.63) is 0 Å². The van der Waals surface area contributed by atoms with Crippen LogP contribution in [0.3, 0.4) is 0 Å². The van der Waals surface area contributed by atoms with Gasteiger partial charge in [-0.05, 0) is 19.5 Å². The van der Waals surface area contributed by atoms with Crippen molar-refractivity contribution in [1.29, 1.82) is 0 Å². The predicted octanol–water partition coefficient (Wildman–Crippen LogP) is 2.03. The number of rotatable bonds is 4. The van der Waals surface area contributed by atoms with Crippen LogP contribution in [0.1, 0.15) is 34.1 Å². The van der Waals surface area contributed by atoms with Gasteiger partial charge >= 0.3 is 0 Å². The molecular formula is C7H19N. The van der Waals surface area contributed by atoms with Gasteiger partial charge in [0.2, 0.25) is 0 Å². The molecule has 0 aliphatic carbocycles. The molecule has 0 rings (SSSR count). The molecule has 0 saturated heterocycles. The van der Waals surface area contributed by atoms with Gasteiger partial charge in [0.05, 0.1) is 0 Å². The highest BCUT2D eigenvalue weighted by Crippen LogP contribution is 1.80. The molecule has 0 aromatic heterocycles. The molecule has 0 atom stereocenters. The van der Waals surface area contributed by atoms with Crippen molar-refractivity contribution < 1.29 is 0 Å². The lowest BCUT2D eigenvalue weighted by Gasteiger charge is -1.95. The van der Waals surface area contributed by atoms with Gasteiger partial charge in [-0.15, -0.1) is 0 Å². The van der Waals surface area contributed by atoms with E-state index in [9.17, 15) is 0 Å². The fraction of sp³-hybridized carbons (Fsp3) is 1.00. The average molecular weight is 117 g/mol. The number of unbranched alkanes of at least 4 members (excludes halogenated alkanes) is 1. The molecule has 0 unspecified atom stereocenters. The molecule has 0 amide bonds. The molecule has 0 aliphatic heterocycles. The Morgan fingerprint density at radius 1 is 1.25 bits per heavy atom. The van der Waals surface area contributed by atoms with Gasteiger partial charge in [-0.2, -0.15) is 0 Å². The Hall–Kier alpha value is -0.0400. The summed E-state index contributed by atoms with van der Waals surface area (Å²) in [7, 11) is 0. The highest BCUT2D eigenvalue weighted by molar-refractivity contribution is 4.39. The van der Waals surface area contributed by atoms with Crippen LogP contribution in [0.15, 0.2) is 0 Å². The van der Waals surface area contributed by atoms with Crippen LogP contribution in [-0.2, 0) is 0 Å². The maximum atomic E-state index is 3.25. The van der Waals surface area contributed by atoms with Crippen LogP contribution in [0.4, 0.5) is 0 Å². The quantitative estimate of drug-likeness (QED) is 0.555. The topological polar surface area (TPSA) is 12.0 Å². The molecule has 8 heavy (non-hydrogen) atoms. The van der Waals surface area contributed by atoms with Crippen molar-refractivity contribution in [2.24, 2.45) is 0 Å². The Morgan fingerprint density at radius 2 is 1.88 bits per heavy atom. The first-order valence-corrected chi connectivity index (χ1v) is 3.12. The van der Waals surface area contributed by atoms with Crippen molar-refractivity contribution in [2.75, 3.05) is 13.1 Å². The van der Waals surface area contributed by atoms with E-state index < -0.39 is 0 Å². The molecular weight excluding hydrogens is 98.1 g/mol. The molecule has 0 aliphatic rings. The maximum Gasteiger partial charge on any atom is -0.00491 e. The van der Waals surface area contributed by atoms with E-state index in [-0.39, 0.29) is 7.43 Å². The van der Waals surface area contributed by atoms with Crippen LogP contribution in [0.25, 0.3) is 0 Å². The standard InChI is InChI=1S/C6H15N.CH4/c1-3-5-6-7-4-2;/h7H,3-6H2,1-2H3;1H4. The largest absolute Gasteiger partial charge is 0.317 e. The van der Waals surface area contributed by atoms with Gasteiger partial charge in [0.15, 0.2) is 0 Å². The minimum absolute atomic E-state index is 0. The summed E-state index contributed by atoms with van der Waals surface area (Å²) in [5.41, 5.74) is 0. The lowest BCUT2D eigenvalue weighted by molar-refractivity contribution is 0.663. The molecule has 0 aromatic carbocycles. The van der Waals surface area contributed by atoms with Gasteiger partial charge < -0.3 is 5.32 Å². The van der Waals surface area contributed by atoms with E-state index in [2.05, 4.69) is 19.2 Å². The molecule has 1 N–H and O–H groups in total. The molecule has 0 aromatic rings. The zero-order valence-electron chi connectivity index (χ0n) is 5.33. The lowest BCUT2D eigenvalue weighted by atomic mass is 10.3. The van der Waals surface area contributed by atoms with Crippen molar-refractivity contribution in [3.8, 4) is 0 Å². The van der Waals surface area contributed by atoms with Crippen LogP contribution in [0.5, 0.6) is 0 Å². The second kappa shape index (κ2) is 10.0. The molecule has 52 valence electrons. The summed E-state index contributed by atoms with van der Waals surface area (Å²) in [6, 6.07) is 0. The minimum Gasteiger partial charge on any atom is -0.317 e. The SMILES string of the molecule is C.CCCCNCC. The number of hydrogen-bond acceptors (Lipinski definition) is 1. The first kappa shape index (κ1) is 10.9. The van der Waals surface area contributed by atoms with Crippen LogP contribution in [-0.4, -0.2) is 13.1 Å². The average Bonchev–Trinajstić information content (AvgIpc) is 1.69. The van der Waals surface area contributed by atoms with Gasteiger partial charge in [-0.3, -0.25) is 0 Å². The number of nitrogens with one attached hydrogen (secondary N) is 1. The molecule has 0 radical (unpaired) electrons. The van der Waals surface area contributed by atoms with Crippen molar-refractivity contribution in [2.45, 2.75) is 34.1 Å². The van der Waals surface area contributed by atoms with Gasteiger partial charge in [0.1, 0.15) is 0 Å². The highest BCUT2D eigenvalue weighted by Gasteiger charge is 1.77. The monoisotopic (exact) mass is 117 g/mol. The fourth-order valence-corrected chi connectivity index (χ4v) is 0.479. The molecule has 0 bridgehead atoms. The van der Waals surface area contributed by atoms with Gasteiger partial charge in [0.25, 0.3) is 0 Å². The van der Waals surface area contributed by atoms with Crippen molar-refractivity contribution in [3.63, 3.8) is 0 Å². The normalized spacial score (nSPS) is 8.25. The third-order valence-electron chi connectivity index (χ3n) is 0.957. The smallest absolute Gasteiger partial charge is 0.00491 e. The molecule has 0 fully saturated rings. The number of hydrogen-bond donors (Lipinski definition) is 1. The minimum atomic E-state index is 0. The first-order chi connectivity index (χ1) is 3.41. The van der Waals surface area contributed by atoms with Crippen LogP contribution in [0.2, 0.25) is 0 Å². The molecule has 1 nitrogen and oxygen atoms in total. The highest BCUT2D eigenvalue weighted by atomic mass is 14.8. The third kappa shape index (κ3) is 9.35. The Bertz CT molecular complexity index is 23.6. The summed E-state index contributed by atoms with van der Waals surface area (Å²) in [6.45, 7) is 6.64. The summed E-state index contributed by atoms with van der Waals surface area (Å²) in [5, 5.41) is 3.25. The summed E-state index contributed by atoms with van der Waals surface area (Å²) in [5.74, 6) is 0. The van der Waals surface area contributed by atoms with E-state index in [0.29, 0.717) is 0 Å². The van der Waals surface area contributed by atoms with E-state index in [1.165, 1.54) is 19.4 Å². The van der Waals surface area contributed by atoms with Crippen LogP contribution < -0.4 is 5.32 Å². The zero-order chi connectivity index (χ0) is 5.54. The Balaban J connectivity index is 0. The maximum absolute atomic E-state index is 3.25. The van der Waals surface area contributed by atoms with Crippen LogP contribution >= 0.6 is 0 Å². The zero-order valence-corrected chi connectivity index (χ0v) is 5.33. The second-order valence-electron chi connectivity index (χ2n) is 1.71. The Kier molecular flexibility index (Phi) is 13.6. The van der Waals surface area contributed by atoms with E-state index in [4.69, 9.17) is 0 Å². The fourth-order valence-electron chi connectivity index (χ4n) is 0.479. The lowest BCUT2D eigenvalue weighted by Crippen LogP contribution is -2.13. The summed E-state index contributed by atoms with van der Waals surface area (Å²) in [4.78, 5) is 0. The molecule has 0 spiro atoms. The second-order valence-corrected chi connectivity index (χ2v) is 1.71. The Labute approximate surface area is 53.5 Å². The van der Waals surface area contributed by atoms with Crippen molar-refractivity contribution in [1.82, 2.24) is 5.32 Å². The third-order valence-corrected chi connectivity index (χ3v) is 0.957. The van der Waals surface area contributed by atoms with Crippen LogP contribution in [0, 0.1) is 0 Å². The summed E-state index contributed by atoms with van der Waals surface area (Å²) >= 11 is 0. The van der Waals surface area contributed by atoms with E-state index in [1.807, 2.05) is 0 Å². The predicted molar refractivity (Wildman–Crippen MR) is 40.2 cm³/mol. The van der Waals surface area contributed by atoms with E-state index in [0.717, 1.165) is 6.54 Å². The molecule has 1 heteroatoms. The van der Waals surface area contributed by atoms with Gasteiger partial charge in [-0.25, -0.2) is 0 Å². The van der Waals surface area contributed by atoms with Gasteiger partial charge in [0, 0.05) is 0 Å². The Morgan fingerprint density at radius 3 is 2.25 bits per heavy atom. The summed E-state index contributed by atoms with van der Waals surface area (Å²) in [6.07, 6.45) is 2.61.